The molecule has 0 bridgehead atoms. The number of piperidine rings is 2. The lowest BCUT2D eigenvalue weighted by molar-refractivity contribution is -0.146. The summed E-state index contributed by atoms with van der Waals surface area (Å²) in [6, 6.07) is -2.64. The van der Waals surface area contributed by atoms with Crippen LogP contribution in [0.3, 0.4) is 0 Å². The molecule has 7 atom stereocenters. The van der Waals surface area contributed by atoms with Gasteiger partial charge in [-0.2, -0.15) is 5.10 Å². The number of aliphatic carboxylic acids is 1. The van der Waals surface area contributed by atoms with E-state index in [1.165, 1.54) is 9.58 Å². The summed E-state index contributed by atoms with van der Waals surface area (Å²) in [6.45, 7) is 8.60. The van der Waals surface area contributed by atoms with Crippen molar-refractivity contribution in [2.24, 2.45) is 5.92 Å². The molecule has 0 spiro atoms. The first kappa shape index (κ1) is 37.2. The van der Waals surface area contributed by atoms with E-state index in [9.17, 15) is 29.1 Å². The molecular weight excluding hydrogens is 654 g/mol. The van der Waals surface area contributed by atoms with E-state index < -0.39 is 53.1 Å². The van der Waals surface area contributed by atoms with Crippen LogP contribution >= 0.6 is 0 Å². The molecule has 14 nitrogen and oxygen atoms in total. The number of fused-ring (bicyclic) bond motifs is 2. The Kier molecular flexibility index (Phi) is 11.4. The van der Waals surface area contributed by atoms with Gasteiger partial charge >= 0.3 is 12.1 Å². The van der Waals surface area contributed by atoms with Crippen LogP contribution in [0.4, 0.5) is 4.79 Å². The molecule has 0 aromatic carbocycles. The highest BCUT2D eigenvalue weighted by atomic mass is 16.6. The van der Waals surface area contributed by atoms with Crippen molar-refractivity contribution in [3.63, 3.8) is 0 Å². The molecular formula is C37H57N7O7. The third-order valence-electron chi connectivity index (χ3n) is 11.6. The number of nitrogens with zero attached hydrogens (tertiary/aromatic N) is 3. The van der Waals surface area contributed by atoms with Crippen LogP contribution in [0.2, 0.25) is 0 Å². The first-order chi connectivity index (χ1) is 24.4. The van der Waals surface area contributed by atoms with Crippen LogP contribution in [0.15, 0.2) is 11.0 Å². The molecule has 6 rings (SSSR count). The number of amides is 3. The average Bonchev–Trinajstić information content (AvgIpc) is 3.61. The van der Waals surface area contributed by atoms with Crippen LogP contribution < -0.4 is 26.8 Å². The molecule has 5 fully saturated rings. The van der Waals surface area contributed by atoms with Gasteiger partial charge in [0.25, 0.3) is 5.56 Å². The van der Waals surface area contributed by atoms with E-state index in [0.29, 0.717) is 32.2 Å². The fourth-order valence-corrected chi connectivity index (χ4v) is 8.81. The largest absolute Gasteiger partial charge is 0.479 e. The first-order valence-corrected chi connectivity index (χ1v) is 19.3. The minimum Gasteiger partial charge on any atom is -0.479 e. The van der Waals surface area contributed by atoms with Gasteiger partial charge in [-0.15, -0.1) is 0 Å². The van der Waals surface area contributed by atoms with Gasteiger partial charge in [-0.25, -0.2) is 14.3 Å². The lowest BCUT2D eigenvalue weighted by Crippen LogP contribution is -2.56. The lowest BCUT2D eigenvalue weighted by atomic mass is 9.83. The van der Waals surface area contributed by atoms with E-state index in [4.69, 9.17) is 9.84 Å². The molecule has 5 aliphatic rings. The fraction of sp³-hybridized carbons (Fsp3) is 0.784. The van der Waals surface area contributed by atoms with Crippen LogP contribution in [-0.2, 0) is 19.1 Å². The standard InChI is InChI=1S/C37H57N7O7/c1-36(2,3)51-35(50)41-28-14-8-6-4-5-7-13-25-18-37(25,34(48)49)42-31(45)29-17-26(22-43(29)32(28)46)44-33(47)30(24-12-10-16-39-20-24)27(21-40-44)23-11-9-15-38-19-23/h21,23-26,28-29,38-39H,4-20,22H2,1-3H3,(H,41,50)(H,42,45)(H,48,49)/t23?,24?,25-,26+,28-,29?,37+/m1/s1. The maximum atomic E-state index is 14.6. The van der Waals surface area contributed by atoms with E-state index in [1.807, 2.05) is 6.20 Å². The van der Waals surface area contributed by atoms with Gasteiger partial charge in [-0.05, 0) is 96.2 Å². The van der Waals surface area contributed by atoms with Gasteiger partial charge in [0.2, 0.25) is 11.8 Å². The number of nitrogens with one attached hydrogen (secondary N) is 4. The summed E-state index contributed by atoms with van der Waals surface area (Å²) in [5.41, 5.74) is -0.604. The van der Waals surface area contributed by atoms with Gasteiger partial charge in [-0.1, -0.05) is 32.1 Å². The maximum absolute atomic E-state index is 14.6. The van der Waals surface area contributed by atoms with Crippen molar-refractivity contribution in [1.82, 2.24) is 35.9 Å². The molecule has 14 heteroatoms. The predicted octanol–water partition coefficient (Wildman–Crippen LogP) is 2.92. The topological polar surface area (TPSA) is 184 Å². The number of hydrogen-bond acceptors (Lipinski definition) is 9. The molecule has 1 aromatic heterocycles. The number of carboxylic acids is 1. The second-order valence-corrected chi connectivity index (χ2v) is 16.5. The number of alkyl carbamates (subject to hydrolysis) is 1. The molecule has 4 aliphatic heterocycles. The van der Waals surface area contributed by atoms with E-state index in [2.05, 4.69) is 21.3 Å². The van der Waals surface area contributed by atoms with E-state index in [1.54, 1.807) is 20.8 Å². The summed E-state index contributed by atoms with van der Waals surface area (Å²) in [5, 5.41) is 27.5. The molecule has 282 valence electrons. The smallest absolute Gasteiger partial charge is 0.408 e. The Morgan fingerprint density at radius 1 is 0.941 bits per heavy atom. The third kappa shape index (κ3) is 8.42. The van der Waals surface area contributed by atoms with Crippen LogP contribution in [-0.4, -0.2) is 99.6 Å². The van der Waals surface area contributed by atoms with Gasteiger partial charge in [0.1, 0.15) is 23.2 Å². The van der Waals surface area contributed by atoms with Crippen molar-refractivity contribution < 1.29 is 29.0 Å². The number of carbonyl (C=O) groups excluding carboxylic acids is 3. The quantitative estimate of drug-likeness (QED) is 0.305. The Bertz CT molecular complexity index is 1510. The van der Waals surface area contributed by atoms with Gasteiger partial charge < -0.3 is 36.0 Å². The average molecular weight is 712 g/mol. The summed E-state index contributed by atoms with van der Waals surface area (Å²) in [4.78, 5) is 70.2. The third-order valence-corrected chi connectivity index (χ3v) is 11.6. The second-order valence-electron chi connectivity index (χ2n) is 16.5. The molecule has 3 amide bonds. The fourth-order valence-electron chi connectivity index (χ4n) is 8.81. The van der Waals surface area contributed by atoms with Crippen molar-refractivity contribution in [3.05, 3.63) is 27.7 Å². The summed E-state index contributed by atoms with van der Waals surface area (Å²) in [7, 11) is 0. The van der Waals surface area contributed by atoms with Gasteiger partial charge in [0.15, 0.2) is 0 Å². The molecule has 3 unspecified atom stereocenters. The van der Waals surface area contributed by atoms with Gasteiger partial charge in [0.05, 0.1) is 12.2 Å². The minimum atomic E-state index is -1.37. The number of rotatable bonds is 5. The Balaban J connectivity index is 1.35. The summed E-state index contributed by atoms with van der Waals surface area (Å²) < 4.78 is 6.97. The molecule has 5 N–H and O–H groups in total. The number of carbonyl (C=O) groups is 4. The van der Waals surface area contributed by atoms with E-state index in [0.717, 1.165) is 82.1 Å². The normalized spacial score (nSPS) is 32.4. The molecule has 1 aromatic rings. The lowest BCUT2D eigenvalue weighted by Gasteiger charge is -2.30. The zero-order chi connectivity index (χ0) is 36.3. The predicted molar refractivity (Wildman–Crippen MR) is 189 cm³/mol. The number of ether oxygens (including phenoxy) is 1. The molecule has 1 saturated carbocycles. The van der Waals surface area contributed by atoms with Crippen LogP contribution in [0, 0.1) is 5.92 Å². The van der Waals surface area contributed by atoms with Gasteiger partial charge in [0, 0.05) is 37.5 Å². The van der Waals surface area contributed by atoms with E-state index in [-0.39, 0.29) is 36.3 Å². The molecule has 5 heterocycles. The summed E-state index contributed by atoms with van der Waals surface area (Å²) in [6.07, 6.45) is 10.6. The van der Waals surface area contributed by atoms with Crippen LogP contribution in [0.25, 0.3) is 0 Å². The molecule has 4 saturated heterocycles. The summed E-state index contributed by atoms with van der Waals surface area (Å²) in [5.74, 6) is -2.06. The summed E-state index contributed by atoms with van der Waals surface area (Å²) >= 11 is 0. The Hall–Kier alpha value is -3.52. The Morgan fingerprint density at radius 2 is 1.61 bits per heavy atom. The van der Waals surface area contributed by atoms with Crippen molar-refractivity contribution in [1.29, 1.82) is 0 Å². The second kappa shape index (κ2) is 15.6. The highest BCUT2D eigenvalue weighted by molar-refractivity contribution is 5.95. The van der Waals surface area contributed by atoms with Crippen molar-refractivity contribution in [3.8, 4) is 0 Å². The molecule has 1 aliphatic carbocycles. The molecule has 51 heavy (non-hydrogen) atoms. The first-order valence-electron chi connectivity index (χ1n) is 19.3. The van der Waals surface area contributed by atoms with Crippen molar-refractivity contribution >= 4 is 23.9 Å². The zero-order valence-corrected chi connectivity index (χ0v) is 30.5. The number of hydrogen-bond donors (Lipinski definition) is 5. The van der Waals surface area contributed by atoms with Crippen LogP contribution in [0.1, 0.15) is 133 Å². The zero-order valence-electron chi connectivity index (χ0n) is 30.5. The number of carboxylic acid groups (broad SMARTS) is 1. The van der Waals surface area contributed by atoms with Gasteiger partial charge in [-0.3, -0.25) is 14.4 Å². The monoisotopic (exact) mass is 711 g/mol. The SMILES string of the molecule is CC(C)(C)OC(=O)N[C@@H]1CCCCCCC[C@@H]2C[C@]2(C(=O)O)NC(=O)C2C[C@H](n3ncc(C4CCCNC4)c(C4CCCNC4)c3=O)CN2C1=O. The Labute approximate surface area is 300 Å². The van der Waals surface area contributed by atoms with Crippen molar-refractivity contribution in [2.45, 2.75) is 145 Å². The highest BCUT2D eigenvalue weighted by Crippen LogP contribution is 2.47. The number of aromatic nitrogens is 2. The Morgan fingerprint density at radius 3 is 2.25 bits per heavy atom. The van der Waals surface area contributed by atoms with E-state index >= 15 is 0 Å². The molecule has 0 radical (unpaired) electrons. The van der Waals surface area contributed by atoms with Crippen molar-refractivity contribution in [2.75, 3.05) is 32.7 Å². The highest BCUT2D eigenvalue weighted by Gasteiger charge is 2.62. The maximum Gasteiger partial charge on any atom is 0.408 e. The van der Waals surface area contributed by atoms with Crippen LogP contribution in [0.5, 0.6) is 0 Å². The minimum absolute atomic E-state index is 0.0203.